The molecule has 0 spiro atoms. The minimum absolute atomic E-state index is 0.0397. The van der Waals surface area contributed by atoms with E-state index < -0.39 is 0 Å². The molecule has 1 heterocycles. The Hall–Kier alpha value is -1.29. The number of anilines is 1. The molecule has 1 aromatic carbocycles. The van der Waals surface area contributed by atoms with Gasteiger partial charge in [-0.05, 0) is 40.5 Å². The predicted octanol–water partition coefficient (Wildman–Crippen LogP) is 3.82. The first-order chi connectivity index (χ1) is 8.30. The van der Waals surface area contributed by atoms with E-state index >= 15 is 0 Å². The van der Waals surface area contributed by atoms with Crippen LogP contribution < -0.4 is 5.73 Å². The van der Waals surface area contributed by atoms with Crippen LogP contribution in [0.1, 0.15) is 32.0 Å². The molecule has 3 nitrogen and oxygen atoms in total. The molecule has 0 aliphatic heterocycles. The Kier molecular flexibility index (Phi) is 3.23. The number of hydrogen-bond acceptors (Lipinski definition) is 2. The molecule has 0 saturated carbocycles. The van der Waals surface area contributed by atoms with Crippen LogP contribution in [0.5, 0.6) is 0 Å². The van der Waals surface area contributed by atoms with E-state index in [2.05, 4.69) is 60.9 Å². The molecule has 4 heteroatoms. The number of rotatable bonds is 1. The second-order valence-electron chi connectivity index (χ2n) is 5.55. The number of nitrogen functional groups attached to an aromatic ring is 1. The smallest absolute Gasteiger partial charge is 0.141 e. The third-order valence-electron chi connectivity index (χ3n) is 2.82. The molecule has 0 bridgehead atoms. The van der Waals surface area contributed by atoms with Gasteiger partial charge in [0, 0.05) is 5.41 Å². The highest BCUT2D eigenvalue weighted by molar-refractivity contribution is 9.10. The Morgan fingerprint density at radius 3 is 2.44 bits per heavy atom. The normalized spacial score (nSPS) is 11.8. The lowest BCUT2D eigenvalue weighted by Gasteiger charge is -2.15. The molecule has 0 saturated heterocycles. The van der Waals surface area contributed by atoms with E-state index in [0.717, 1.165) is 15.9 Å². The lowest BCUT2D eigenvalue weighted by molar-refractivity contribution is 0.558. The zero-order chi connectivity index (χ0) is 13.5. The summed E-state index contributed by atoms with van der Waals surface area (Å²) in [4.78, 5) is 0. The summed E-state index contributed by atoms with van der Waals surface area (Å²) in [5, 5.41) is 4.64. The minimum atomic E-state index is -0.0397. The molecule has 2 rings (SSSR count). The Bertz CT molecular complexity index is 579. The fraction of sp³-hybridized carbons (Fsp3) is 0.357. The van der Waals surface area contributed by atoms with Gasteiger partial charge in [-0.1, -0.05) is 32.9 Å². The molecule has 18 heavy (non-hydrogen) atoms. The fourth-order valence-corrected chi connectivity index (χ4v) is 2.69. The Labute approximate surface area is 116 Å². The van der Waals surface area contributed by atoms with Crippen molar-refractivity contribution in [2.45, 2.75) is 33.1 Å². The van der Waals surface area contributed by atoms with Crippen LogP contribution in [0.2, 0.25) is 0 Å². The summed E-state index contributed by atoms with van der Waals surface area (Å²) in [5.74, 6) is 0.644. The zero-order valence-corrected chi connectivity index (χ0v) is 12.7. The Balaban J connectivity index is 2.60. The van der Waals surface area contributed by atoms with Gasteiger partial charge in [-0.25, -0.2) is 4.68 Å². The van der Waals surface area contributed by atoms with Gasteiger partial charge < -0.3 is 5.73 Å². The van der Waals surface area contributed by atoms with Crippen LogP contribution in [0.15, 0.2) is 28.7 Å². The summed E-state index contributed by atoms with van der Waals surface area (Å²) >= 11 is 3.54. The molecule has 96 valence electrons. The van der Waals surface area contributed by atoms with Crippen LogP contribution in [-0.2, 0) is 5.41 Å². The summed E-state index contributed by atoms with van der Waals surface area (Å²) in [5.41, 5.74) is 9.25. The number of halogens is 1. The average Bonchev–Trinajstić information content (AvgIpc) is 2.55. The molecule has 0 aliphatic carbocycles. The van der Waals surface area contributed by atoms with E-state index in [4.69, 9.17) is 5.73 Å². The summed E-state index contributed by atoms with van der Waals surface area (Å²) < 4.78 is 2.68. The zero-order valence-electron chi connectivity index (χ0n) is 11.2. The van der Waals surface area contributed by atoms with E-state index in [0.29, 0.717) is 5.82 Å². The van der Waals surface area contributed by atoms with Crippen LogP contribution in [0, 0.1) is 6.92 Å². The summed E-state index contributed by atoms with van der Waals surface area (Å²) in [7, 11) is 0. The van der Waals surface area contributed by atoms with Crippen molar-refractivity contribution in [1.29, 1.82) is 0 Å². The maximum atomic E-state index is 6.14. The van der Waals surface area contributed by atoms with Gasteiger partial charge >= 0.3 is 0 Å². The van der Waals surface area contributed by atoms with E-state index in [1.165, 1.54) is 5.56 Å². The topological polar surface area (TPSA) is 43.8 Å². The van der Waals surface area contributed by atoms with Crippen molar-refractivity contribution in [2.24, 2.45) is 0 Å². The summed E-state index contributed by atoms with van der Waals surface area (Å²) in [6.45, 7) is 8.43. The Morgan fingerprint density at radius 2 is 1.94 bits per heavy atom. The number of nitrogens with zero attached hydrogens (tertiary/aromatic N) is 2. The molecular formula is C14H18BrN3. The number of hydrogen-bond donors (Lipinski definition) is 1. The van der Waals surface area contributed by atoms with Gasteiger partial charge in [-0.3, -0.25) is 0 Å². The van der Waals surface area contributed by atoms with Gasteiger partial charge in [0.15, 0.2) is 0 Å². The van der Waals surface area contributed by atoms with Crippen LogP contribution in [0.25, 0.3) is 5.69 Å². The molecule has 0 radical (unpaired) electrons. The molecule has 0 aliphatic rings. The van der Waals surface area contributed by atoms with Gasteiger partial charge in [0.25, 0.3) is 0 Å². The maximum absolute atomic E-state index is 6.14. The molecule has 0 amide bonds. The number of benzene rings is 1. The standard InChI is InChI=1S/C14H18BrN3/c1-9-6-5-7-10(8-9)18-13(16)11(15)12(17-18)14(2,3)4/h5-8H,16H2,1-4H3. The van der Waals surface area contributed by atoms with E-state index in [1.54, 1.807) is 4.68 Å². The first-order valence-electron chi connectivity index (χ1n) is 5.92. The lowest BCUT2D eigenvalue weighted by atomic mass is 9.92. The SMILES string of the molecule is Cc1cccc(-n2nc(C(C)(C)C)c(Br)c2N)c1. The number of aromatic nitrogens is 2. The highest BCUT2D eigenvalue weighted by Crippen LogP contribution is 2.34. The minimum Gasteiger partial charge on any atom is -0.383 e. The average molecular weight is 308 g/mol. The largest absolute Gasteiger partial charge is 0.383 e. The van der Waals surface area contributed by atoms with Gasteiger partial charge in [-0.2, -0.15) is 5.10 Å². The van der Waals surface area contributed by atoms with Crippen molar-refractivity contribution >= 4 is 21.7 Å². The molecule has 0 fully saturated rings. The van der Waals surface area contributed by atoms with Crippen molar-refractivity contribution in [1.82, 2.24) is 9.78 Å². The van der Waals surface area contributed by atoms with Crippen molar-refractivity contribution in [3.05, 3.63) is 40.0 Å². The van der Waals surface area contributed by atoms with E-state index in [1.807, 2.05) is 12.1 Å². The fourth-order valence-electron chi connectivity index (χ4n) is 1.85. The van der Waals surface area contributed by atoms with Gasteiger partial charge in [0.1, 0.15) is 5.82 Å². The van der Waals surface area contributed by atoms with Gasteiger partial charge in [0.05, 0.1) is 15.9 Å². The molecule has 0 atom stereocenters. The van der Waals surface area contributed by atoms with Crippen molar-refractivity contribution < 1.29 is 0 Å². The predicted molar refractivity (Wildman–Crippen MR) is 79.1 cm³/mol. The van der Waals surface area contributed by atoms with Crippen molar-refractivity contribution in [2.75, 3.05) is 5.73 Å². The third-order valence-corrected chi connectivity index (χ3v) is 3.60. The van der Waals surface area contributed by atoms with Gasteiger partial charge in [-0.15, -0.1) is 0 Å². The summed E-state index contributed by atoms with van der Waals surface area (Å²) in [6.07, 6.45) is 0. The van der Waals surface area contributed by atoms with Crippen LogP contribution >= 0.6 is 15.9 Å². The van der Waals surface area contributed by atoms with Crippen molar-refractivity contribution in [3.63, 3.8) is 0 Å². The molecular weight excluding hydrogens is 290 g/mol. The molecule has 2 N–H and O–H groups in total. The quantitative estimate of drug-likeness (QED) is 0.870. The van der Waals surface area contributed by atoms with E-state index in [9.17, 15) is 0 Å². The number of aryl methyl sites for hydroxylation is 1. The Morgan fingerprint density at radius 1 is 1.28 bits per heavy atom. The van der Waals surface area contributed by atoms with Crippen LogP contribution in [0.3, 0.4) is 0 Å². The number of nitrogens with two attached hydrogens (primary N) is 1. The first kappa shape index (κ1) is 13.1. The highest BCUT2D eigenvalue weighted by Gasteiger charge is 2.24. The molecule has 0 unspecified atom stereocenters. The summed E-state index contributed by atoms with van der Waals surface area (Å²) in [6, 6.07) is 8.15. The third kappa shape index (κ3) is 2.29. The second kappa shape index (κ2) is 4.43. The van der Waals surface area contributed by atoms with Crippen molar-refractivity contribution in [3.8, 4) is 5.69 Å². The first-order valence-corrected chi connectivity index (χ1v) is 6.71. The monoisotopic (exact) mass is 307 g/mol. The van der Waals surface area contributed by atoms with Gasteiger partial charge in [0.2, 0.25) is 0 Å². The second-order valence-corrected chi connectivity index (χ2v) is 6.34. The maximum Gasteiger partial charge on any atom is 0.141 e. The lowest BCUT2D eigenvalue weighted by Crippen LogP contribution is -2.13. The highest BCUT2D eigenvalue weighted by atomic mass is 79.9. The molecule has 1 aromatic heterocycles. The van der Waals surface area contributed by atoms with Crippen LogP contribution in [-0.4, -0.2) is 9.78 Å². The van der Waals surface area contributed by atoms with Crippen LogP contribution in [0.4, 0.5) is 5.82 Å². The van der Waals surface area contributed by atoms with E-state index in [-0.39, 0.29) is 5.41 Å². The molecule has 2 aromatic rings.